The third-order valence-corrected chi connectivity index (χ3v) is 7.20. The molecule has 9 heteroatoms. The van der Waals surface area contributed by atoms with Crippen molar-refractivity contribution >= 4 is 35.2 Å². The highest BCUT2D eigenvalue weighted by atomic mass is 35.5. The van der Waals surface area contributed by atoms with Crippen molar-refractivity contribution in [1.82, 2.24) is 14.9 Å². The maximum absolute atomic E-state index is 13.3. The molecule has 1 unspecified atom stereocenters. The number of allylic oxidation sites excluding steroid dienone is 3. The second kappa shape index (κ2) is 11.3. The number of halogens is 1. The van der Waals surface area contributed by atoms with Crippen LogP contribution in [0.3, 0.4) is 0 Å². The summed E-state index contributed by atoms with van der Waals surface area (Å²) in [6.45, 7) is 1.72. The molecule has 2 aliphatic carbocycles. The fourth-order valence-electron chi connectivity index (χ4n) is 4.67. The molecule has 0 bridgehead atoms. The van der Waals surface area contributed by atoms with E-state index in [0.29, 0.717) is 22.7 Å². The molecule has 7 nitrogen and oxygen atoms in total. The van der Waals surface area contributed by atoms with Crippen LogP contribution in [-0.2, 0) is 4.79 Å². The molecular formula is C23H30ClN3O4S. The van der Waals surface area contributed by atoms with Gasteiger partial charge in [-0.15, -0.1) is 0 Å². The summed E-state index contributed by atoms with van der Waals surface area (Å²) >= 11 is 7.67. The van der Waals surface area contributed by atoms with Crippen LogP contribution in [0.1, 0.15) is 54.6 Å². The van der Waals surface area contributed by atoms with Crippen LogP contribution in [0.2, 0.25) is 5.15 Å². The predicted molar refractivity (Wildman–Crippen MR) is 125 cm³/mol. The van der Waals surface area contributed by atoms with Gasteiger partial charge in [-0.05, 0) is 69.1 Å². The summed E-state index contributed by atoms with van der Waals surface area (Å²) < 4.78 is 0. The van der Waals surface area contributed by atoms with Gasteiger partial charge >= 0.3 is 5.97 Å². The Morgan fingerprint density at radius 1 is 1.25 bits per heavy atom. The smallest absolute Gasteiger partial charge is 0.303 e. The van der Waals surface area contributed by atoms with E-state index < -0.39 is 5.97 Å². The predicted octanol–water partition coefficient (Wildman–Crippen LogP) is 4.34. The van der Waals surface area contributed by atoms with E-state index in [-0.39, 0.29) is 42.1 Å². The maximum atomic E-state index is 13.3. The Labute approximate surface area is 198 Å². The van der Waals surface area contributed by atoms with Gasteiger partial charge in [-0.25, -0.2) is 9.97 Å². The average molecular weight is 480 g/mol. The Balaban J connectivity index is 1.69. The minimum atomic E-state index is -0.712. The Kier molecular flexibility index (Phi) is 8.73. The zero-order valence-corrected chi connectivity index (χ0v) is 20.0. The number of aliphatic carboxylic acids is 1. The van der Waals surface area contributed by atoms with Gasteiger partial charge in [0.2, 0.25) is 0 Å². The molecule has 0 aromatic carbocycles. The molecule has 32 heavy (non-hydrogen) atoms. The van der Waals surface area contributed by atoms with Crippen LogP contribution >= 0.6 is 23.4 Å². The molecule has 1 atom stereocenters. The maximum Gasteiger partial charge on any atom is 0.303 e. The van der Waals surface area contributed by atoms with Crippen molar-refractivity contribution in [1.29, 1.82) is 0 Å². The lowest BCUT2D eigenvalue weighted by atomic mass is 9.73. The summed E-state index contributed by atoms with van der Waals surface area (Å²) in [6, 6.07) is 0. The van der Waals surface area contributed by atoms with Crippen molar-refractivity contribution in [2.45, 2.75) is 50.6 Å². The molecule has 3 rings (SSSR count). The number of carboxylic acids is 1. The first-order valence-electron chi connectivity index (χ1n) is 10.9. The molecule has 1 amide bonds. The van der Waals surface area contributed by atoms with Crippen molar-refractivity contribution in [2.24, 2.45) is 17.8 Å². The number of amides is 1. The number of carbonyl (C=O) groups is 2. The number of aliphatic hydroxyl groups is 1. The van der Waals surface area contributed by atoms with Crippen LogP contribution in [-0.4, -0.2) is 56.4 Å². The third kappa shape index (κ3) is 5.91. The van der Waals surface area contributed by atoms with Gasteiger partial charge in [0.25, 0.3) is 5.91 Å². The lowest BCUT2D eigenvalue weighted by Crippen LogP contribution is -2.34. The van der Waals surface area contributed by atoms with Crippen LogP contribution in [0.15, 0.2) is 29.1 Å². The molecule has 0 saturated heterocycles. The Morgan fingerprint density at radius 3 is 2.50 bits per heavy atom. The Bertz CT molecular complexity index is 889. The zero-order valence-electron chi connectivity index (χ0n) is 18.5. The molecule has 0 aliphatic heterocycles. The second-order valence-electron chi connectivity index (χ2n) is 8.41. The van der Waals surface area contributed by atoms with E-state index in [1.165, 1.54) is 16.7 Å². The highest BCUT2D eigenvalue weighted by Crippen LogP contribution is 2.38. The molecule has 1 saturated carbocycles. The number of hydrogen-bond acceptors (Lipinski definition) is 6. The quantitative estimate of drug-likeness (QED) is 0.324. The first-order chi connectivity index (χ1) is 15.3. The summed E-state index contributed by atoms with van der Waals surface area (Å²) in [7, 11) is 0. The van der Waals surface area contributed by atoms with Crippen LogP contribution in [0, 0.1) is 24.7 Å². The lowest BCUT2D eigenvalue weighted by Gasteiger charge is -2.34. The lowest BCUT2D eigenvalue weighted by molar-refractivity contribution is -0.138. The first kappa shape index (κ1) is 24.7. The molecule has 2 aliphatic rings. The van der Waals surface area contributed by atoms with Crippen molar-refractivity contribution in [3.63, 3.8) is 0 Å². The van der Waals surface area contributed by atoms with E-state index in [4.69, 9.17) is 16.7 Å². The van der Waals surface area contributed by atoms with E-state index in [9.17, 15) is 14.7 Å². The summed E-state index contributed by atoms with van der Waals surface area (Å²) in [5.74, 6) is 0.159. The van der Waals surface area contributed by atoms with Gasteiger partial charge in [0.05, 0.1) is 17.9 Å². The van der Waals surface area contributed by atoms with Crippen molar-refractivity contribution < 1.29 is 19.8 Å². The molecule has 1 aromatic rings. The number of carbonyl (C=O) groups excluding carboxylic acids is 1. The summed E-state index contributed by atoms with van der Waals surface area (Å²) in [4.78, 5) is 34.3. The minimum absolute atomic E-state index is 0.117. The number of carboxylic acid groups (broad SMARTS) is 1. The SMILES string of the molecule is CSc1nc(C)c(C(=O)N(CCO)C2=CCC([C@H]3CC[C@H](CC(=O)O)CC3)C=C2)c(Cl)n1. The van der Waals surface area contributed by atoms with Gasteiger partial charge in [0.1, 0.15) is 5.15 Å². The van der Waals surface area contributed by atoms with Gasteiger partial charge in [-0.1, -0.05) is 35.5 Å². The monoisotopic (exact) mass is 479 g/mol. The molecular weight excluding hydrogens is 450 g/mol. The molecule has 1 fully saturated rings. The number of aryl methyl sites for hydroxylation is 1. The third-order valence-electron chi connectivity index (χ3n) is 6.38. The van der Waals surface area contributed by atoms with E-state index in [1.54, 1.807) is 6.92 Å². The van der Waals surface area contributed by atoms with Crippen LogP contribution in [0.5, 0.6) is 0 Å². The molecule has 174 valence electrons. The number of aromatic nitrogens is 2. The van der Waals surface area contributed by atoms with Crippen molar-refractivity contribution in [3.8, 4) is 0 Å². The van der Waals surface area contributed by atoms with Gasteiger partial charge in [0, 0.05) is 18.7 Å². The Morgan fingerprint density at radius 2 is 1.97 bits per heavy atom. The first-order valence-corrected chi connectivity index (χ1v) is 12.5. The highest BCUT2D eigenvalue weighted by molar-refractivity contribution is 7.98. The number of aliphatic hydroxyl groups excluding tert-OH is 1. The summed E-state index contributed by atoms with van der Waals surface area (Å²) in [5.41, 5.74) is 1.51. The van der Waals surface area contributed by atoms with E-state index in [2.05, 4.69) is 16.0 Å². The fourth-order valence-corrected chi connectivity index (χ4v) is 5.43. The molecule has 0 radical (unpaired) electrons. The average Bonchev–Trinajstić information content (AvgIpc) is 2.77. The normalized spacial score (nSPS) is 23.0. The van der Waals surface area contributed by atoms with Crippen LogP contribution in [0.25, 0.3) is 0 Å². The summed E-state index contributed by atoms with van der Waals surface area (Å²) in [6.07, 6.45) is 13.0. The van der Waals surface area contributed by atoms with Gasteiger partial charge in [-0.2, -0.15) is 0 Å². The Hall–Kier alpha value is -1.90. The number of thioether (sulfide) groups is 1. The van der Waals surface area contributed by atoms with E-state index in [1.807, 2.05) is 18.4 Å². The van der Waals surface area contributed by atoms with Crippen molar-refractivity contribution in [3.05, 3.63) is 40.3 Å². The number of hydrogen-bond donors (Lipinski definition) is 2. The molecule has 1 heterocycles. The van der Waals surface area contributed by atoms with Gasteiger partial charge < -0.3 is 15.1 Å². The molecule has 2 N–H and O–H groups in total. The molecule has 0 spiro atoms. The topological polar surface area (TPSA) is 104 Å². The minimum Gasteiger partial charge on any atom is -0.481 e. The van der Waals surface area contributed by atoms with Crippen LogP contribution in [0.4, 0.5) is 0 Å². The van der Waals surface area contributed by atoms with Crippen molar-refractivity contribution in [2.75, 3.05) is 19.4 Å². The highest BCUT2D eigenvalue weighted by Gasteiger charge is 2.30. The fraction of sp³-hybridized carbons (Fsp3) is 0.565. The largest absolute Gasteiger partial charge is 0.481 e. The molecule has 1 aromatic heterocycles. The van der Waals surface area contributed by atoms with Gasteiger partial charge in [-0.3, -0.25) is 9.59 Å². The van der Waals surface area contributed by atoms with Crippen LogP contribution < -0.4 is 0 Å². The number of nitrogens with zero attached hydrogens (tertiary/aromatic N) is 3. The van der Waals surface area contributed by atoms with Gasteiger partial charge in [0.15, 0.2) is 5.16 Å². The van der Waals surface area contributed by atoms with E-state index in [0.717, 1.165) is 37.8 Å². The second-order valence-corrected chi connectivity index (χ2v) is 9.54. The summed E-state index contributed by atoms with van der Waals surface area (Å²) in [5, 5.41) is 19.2. The standard InChI is InChI=1S/C23H30ClN3O4S/c1-14-20(21(24)26-23(25-14)32-2)22(31)27(11-12-28)18-9-7-17(8-10-18)16-5-3-15(4-6-16)13-19(29)30/h7,9-10,15-17,28H,3-6,8,11-13H2,1-2H3,(H,29,30)/t15-,16-,17?. The van der Waals surface area contributed by atoms with E-state index >= 15 is 0 Å². The number of rotatable bonds is 8. The zero-order chi connectivity index (χ0) is 23.3.